The van der Waals surface area contributed by atoms with Crippen LogP contribution in [0.3, 0.4) is 0 Å². The molecular weight excluding hydrogens is 414 g/mol. The molecule has 2 unspecified atom stereocenters. The molecule has 10 heteroatoms. The van der Waals surface area contributed by atoms with E-state index in [1.165, 1.54) is 24.3 Å². The first-order valence-electron chi connectivity index (χ1n) is 9.43. The van der Waals surface area contributed by atoms with Gasteiger partial charge in [-0.2, -0.15) is 0 Å². The largest absolute Gasteiger partial charge is 0.616 e. The van der Waals surface area contributed by atoms with Gasteiger partial charge in [0.05, 0.1) is 19.4 Å². The number of amidine groups is 1. The molecule has 0 radical (unpaired) electrons. The Morgan fingerprint density at radius 2 is 2.07 bits per heavy atom. The van der Waals surface area contributed by atoms with Crippen molar-refractivity contribution in [2.45, 2.75) is 23.6 Å². The van der Waals surface area contributed by atoms with Gasteiger partial charge in [-0.3, -0.25) is 10.2 Å². The van der Waals surface area contributed by atoms with Crippen molar-refractivity contribution in [3.8, 4) is 0 Å². The molecule has 0 bridgehead atoms. The van der Waals surface area contributed by atoms with Gasteiger partial charge in [-0.05, 0) is 41.5 Å². The number of aromatic nitrogens is 1. The Hall–Kier alpha value is -2.56. The number of benzene rings is 1. The fraction of sp³-hybridized carbons (Fsp3) is 0.350. The van der Waals surface area contributed by atoms with Gasteiger partial charge >= 0.3 is 0 Å². The summed E-state index contributed by atoms with van der Waals surface area (Å²) in [6, 6.07) is 5.75. The molecule has 2 fully saturated rings. The zero-order chi connectivity index (χ0) is 21.3. The Labute approximate surface area is 174 Å². The minimum absolute atomic E-state index is 0.0161. The van der Waals surface area contributed by atoms with Crippen LogP contribution >= 0.6 is 0 Å². The Bertz CT molecular complexity index is 967. The van der Waals surface area contributed by atoms with Gasteiger partial charge in [-0.15, -0.1) is 0 Å². The fourth-order valence-corrected chi connectivity index (χ4v) is 5.51. The SMILES string of the molecule is N=C1NC(c2cc(NC(=O)c3ccc(F)cn3)ccc2F)C[S+]([O-])C12CCOCC2. The van der Waals surface area contributed by atoms with Gasteiger partial charge < -0.3 is 19.9 Å². The van der Waals surface area contributed by atoms with Crippen LogP contribution in [0.5, 0.6) is 0 Å². The molecule has 0 aliphatic carbocycles. The Morgan fingerprint density at radius 1 is 1.30 bits per heavy atom. The molecule has 3 N–H and O–H groups in total. The first kappa shape index (κ1) is 20.7. The van der Waals surface area contributed by atoms with Crippen LogP contribution in [0, 0.1) is 17.0 Å². The van der Waals surface area contributed by atoms with E-state index in [0.29, 0.717) is 31.7 Å². The lowest BCUT2D eigenvalue weighted by atomic mass is 9.95. The van der Waals surface area contributed by atoms with Crippen molar-refractivity contribution < 1.29 is 22.9 Å². The predicted molar refractivity (Wildman–Crippen MR) is 108 cm³/mol. The second kappa shape index (κ2) is 8.29. The lowest BCUT2D eigenvalue weighted by molar-refractivity contribution is 0.0869. The average molecular weight is 434 g/mol. The van der Waals surface area contributed by atoms with Gasteiger partial charge in [0.1, 0.15) is 29.1 Å². The number of halogens is 2. The highest BCUT2D eigenvalue weighted by atomic mass is 32.2. The summed E-state index contributed by atoms with van der Waals surface area (Å²) in [7, 11) is 0. The highest BCUT2D eigenvalue weighted by Gasteiger charge is 2.52. The minimum Gasteiger partial charge on any atom is -0.616 e. The van der Waals surface area contributed by atoms with Crippen molar-refractivity contribution in [3.05, 3.63) is 59.4 Å². The van der Waals surface area contributed by atoms with Gasteiger partial charge in [0.25, 0.3) is 5.91 Å². The third-order valence-electron chi connectivity index (χ3n) is 5.42. The molecule has 0 saturated carbocycles. The third-order valence-corrected chi connectivity index (χ3v) is 7.54. The zero-order valence-electron chi connectivity index (χ0n) is 15.9. The number of rotatable bonds is 3. The molecular formula is C20H20F2N4O3S. The number of nitrogens with one attached hydrogen (secondary N) is 3. The van der Waals surface area contributed by atoms with E-state index in [1.54, 1.807) is 0 Å². The summed E-state index contributed by atoms with van der Waals surface area (Å²) in [4.78, 5) is 16.0. The highest BCUT2D eigenvalue weighted by Crippen LogP contribution is 2.38. The number of pyridine rings is 1. The molecule has 7 nitrogen and oxygen atoms in total. The van der Waals surface area contributed by atoms with Crippen LogP contribution in [-0.2, 0) is 15.9 Å². The highest BCUT2D eigenvalue weighted by molar-refractivity contribution is 7.93. The topological polar surface area (TPSA) is 110 Å². The number of anilines is 1. The molecule has 2 aromatic rings. The van der Waals surface area contributed by atoms with Crippen LogP contribution in [0.25, 0.3) is 0 Å². The van der Waals surface area contributed by atoms with Gasteiger partial charge in [0, 0.05) is 24.1 Å². The van der Waals surface area contributed by atoms with E-state index in [0.717, 1.165) is 12.3 Å². The van der Waals surface area contributed by atoms with Crippen LogP contribution in [0.1, 0.15) is 34.9 Å². The van der Waals surface area contributed by atoms with Crippen molar-refractivity contribution in [1.82, 2.24) is 10.3 Å². The summed E-state index contributed by atoms with van der Waals surface area (Å²) in [5.74, 6) is -1.38. The number of hydrogen-bond acceptors (Lipinski definition) is 5. The molecule has 2 aliphatic rings. The van der Waals surface area contributed by atoms with E-state index in [1.807, 2.05) is 0 Å². The monoisotopic (exact) mass is 434 g/mol. The fourth-order valence-electron chi connectivity index (χ4n) is 3.71. The first-order valence-corrected chi connectivity index (χ1v) is 10.7. The standard InChI is InChI=1S/C20H20F2N4O3S/c21-12-1-4-16(24-10-12)18(27)25-13-2-3-15(22)14(9-13)17-11-30(28)20(19(23)26-17)5-7-29-8-6-20/h1-4,9-10,17H,5-8,11H2,(H2,23,26)(H,25,27). The van der Waals surface area contributed by atoms with E-state index < -0.39 is 39.5 Å². The maximum Gasteiger partial charge on any atom is 0.274 e. The molecule has 1 aromatic heterocycles. The van der Waals surface area contributed by atoms with Crippen molar-refractivity contribution in [3.63, 3.8) is 0 Å². The summed E-state index contributed by atoms with van der Waals surface area (Å²) in [5.41, 5.74) is 0.537. The summed E-state index contributed by atoms with van der Waals surface area (Å²) < 4.78 is 45.1. The average Bonchev–Trinajstić information content (AvgIpc) is 2.74. The van der Waals surface area contributed by atoms with Gasteiger partial charge in [0.15, 0.2) is 10.6 Å². The molecule has 1 aromatic carbocycles. The van der Waals surface area contributed by atoms with Crippen molar-refractivity contribution in [2.24, 2.45) is 0 Å². The Kier molecular flexibility index (Phi) is 5.72. The van der Waals surface area contributed by atoms with E-state index >= 15 is 0 Å². The summed E-state index contributed by atoms with van der Waals surface area (Å²) in [5, 5.41) is 14.0. The second-order valence-corrected chi connectivity index (χ2v) is 9.05. The van der Waals surface area contributed by atoms with Crippen molar-refractivity contribution in [1.29, 1.82) is 5.41 Å². The third kappa shape index (κ3) is 3.90. The molecule has 2 aliphatic heterocycles. The number of amides is 1. The lowest BCUT2D eigenvalue weighted by Gasteiger charge is -2.44. The Balaban J connectivity index is 1.53. The van der Waals surface area contributed by atoms with Crippen molar-refractivity contribution >= 4 is 28.6 Å². The molecule has 2 atom stereocenters. The lowest BCUT2D eigenvalue weighted by Crippen LogP contribution is -2.61. The number of carbonyl (C=O) groups is 1. The van der Waals surface area contributed by atoms with Crippen LogP contribution in [0.4, 0.5) is 14.5 Å². The molecule has 158 valence electrons. The number of ether oxygens (including phenoxy) is 1. The Morgan fingerprint density at radius 3 is 2.73 bits per heavy atom. The number of carbonyl (C=O) groups excluding carboxylic acids is 1. The van der Waals surface area contributed by atoms with Gasteiger partial charge in [0.2, 0.25) is 0 Å². The van der Waals surface area contributed by atoms with Crippen LogP contribution in [0.2, 0.25) is 0 Å². The van der Waals surface area contributed by atoms with Crippen LogP contribution in [0.15, 0.2) is 36.5 Å². The van der Waals surface area contributed by atoms with E-state index in [9.17, 15) is 18.1 Å². The predicted octanol–water partition coefficient (Wildman–Crippen LogP) is 2.53. The minimum atomic E-state index is -1.37. The van der Waals surface area contributed by atoms with Gasteiger partial charge in [-0.25, -0.2) is 13.8 Å². The first-order chi connectivity index (χ1) is 14.4. The molecule has 3 heterocycles. The molecule has 4 rings (SSSR count). The van der Waals surface area contributed by atoms with Gasteiger partial charge in [-0.1, -0.05) is 0 Å². The molecule has 1 amide bonds. The van der Waals surface area contributed by atoms with Crippen LogP contribution < -0.4 is 10.6 Å². The van der Waals surface area contributed by atoms with E-state index in [2.05, 4.69) is 15.6 Å². The normalized spacial score (nSPS) is 23.1. The summed E-state index contributed by atoms with van der Waals surface area (Å²) >= 11 is -1.37. The number of hydrogen-bond donors (Lipinski definition) is 3. The van der Waals surface area contributed by atoms with Crippen LogP contribution in [-0.4, -0.2) is 45.0 Å². The van der Waals surface area contributed by atoms with E-state index in [-0.39, 0.29) is 22.8 Å². The smallest absolute Gasteiger partial charge is 0.274 e. The quantitative estimate of drug-likeness (QED) is 0.643. The van der Waals surface area contributed by atoms with E-state index in [4.69, 9.17) is 10.1 Å². The maximum absolute atomic E-state index is 14.6. The zero-order valence-corrected chi connectivity index (χ0v) is 16.7. The maximum atomic E-state index is 14.6. The summed E-state index contributed by atoms with van der Waals surface area (Å²) in [6.07, 6.45) is 1.91. The number of nitrogens with zero attached hydrogens (tertiary/aromatic N) is 1. The molecule has 30 heavy (non-hydrogen) atoms. The second-order valence-electron chi connectivity index (χ2n) is 7.24. The molecule has 2 saturated heterocycles. The van der Waals surface area contributed by atoms with Crippen molar-refractivity contribution in [2.75, 3.05) is 24.3 Å². The molecule has 1 spiro atoms. The summed E-state index contributed by atoms with van der Waals surface area (Å²) in [6.45, 7) is 0.877.